The second kappa shape index (κ2) is 7.96. The molecule has 2 rings (SSSR count). The second-order valence-electron chi connectivity index (χ2n) is 4.78. The highest BCUT2D eigenvalue weighted by molar-refractivity contribution is 7.15. The van der Waals surface area contributed by atoms with Gasteiger partial charge in [-0.15, -0.1) is 9.24 Å². The van der Waals surface area contributed by atoms with Crippen molar-refractivity contribution < 1.29 is 13.2 Å². The number of nitrogens with zero attached hydrogens (tertiary/aromatic N) is 2. The predicted octanol–water partition coefficient (Wildman–Crippen LogP) is 2.94. The van der Waals surface area contributed by atoms with Crippen LogP contribution in [0.15, 0.2) is 24.3 Å². The summed E-state index contributed by atoms with van der Waals surface area (Å²) in [5.74, 6) is 0. The molecule has 0 amide bonds. The Morgan fingerprint density at radius 3 is 2.25 bits per heavy atom. The van der Waals surface area contributed by atoms with Gasteiger partial charge in [0.05, 0.1) is 5.56 Å². The van der Waals surface area contributed by atoms with Gasteiger partial charge < -0.3 is 4.90 Å². The van der Waals surface area contributed by atoms with Gasteiger partial charge in [-0.2, -0.15) is 13.2 Å². The van der Waals surface area contributed by atoms with Crippen molar-refractivity contribution in [2.45, 2.75) is 12.7 Å². The van der Waals surface area contributed by atoms with Gasteiger partial charge in [0.2, 0.25) is 0 Å². The molecule has 1 aliphatic heterocycles. The Morgan fingerprint density at radius 1 is 1.10 bits per heavy atom. The maximum Gasteiger partial charge on any atom is 0.416 e. The van der Waals surface area contributed by atoms with Crippen LogP contribution in [0.5, 0.6) is 0 Å². The average Bonchev–Trinajstić information content (AvgIpc) is 2.43. The first-order valence-corrected chi connectivity index (χ1v) is 7.75. The van der Waals surface area contributed by atoms with Crippen molar-refractivity contribution in [1.82, 2.24) is 9.80 Å². The zero-order valence-electron chi connectivity index (χ0n) is 12.0. The molecular formula is C14H22F3N2P. The Morgan fingerprint density at radius 2 is 1.70 bits per heavy atom. The number of hydrogen-bond acceptors (Lipinski definition) is 2. The highest BCUT2D eigenvalue weighted by Gasteiger charge is 2.30. The lowest BCUT2D eigenvalue weighted by Gasteiger charge is -2.32. The summed E-state index contributed by atoms with van der Waals surface area (Å²) in [5, 5.41) is 0. The molecular weight excluding hydrogens is 284 g/mol. The maximum atomic E-state index is 12.6. The van der Waals surface area contributed by atoms with Crippen molar-refractivity contribution in [2.24, 2.45) is 0 Å². The van der Waals surface area contributed by atoms with Crippen molar-refractivity contribution in [3.05, 3.63) is 35.4 Å². The van der Waals surface area contributed by atoms with E-state index in [-0.39, 0.29) is 0 Å². The standard InChI is InChI=1S/C13H17F3N2.CH5P/c1-17-5-7-18(8-6-17)10-11-3-2-4-12(9-11)13(14,15)16;1-2/h2-4,9H,5-8,10H2,1H3;2H2,1H3. The molecule has 6 heteroatoms. The van der Waals surface area contributed by atoms with Crippen LogP contribution in [-0.2, 0) is 12.7 Å². The number of rotatable bonds is 2. The Hall–Kier alpha value is -0.640. The highest BCUT2D eigenvalue weighted by Crippen LogP contribution is 2.29. The minimum atomic E-state index is -4.25. The summed E-state index contributed by atoms with van der Waals surface area (Å²) in [7, 11) is 4.47. The third-order valence-corrected chi connectivity index (χ3v) is 3.26. The zero-order valence-corrected chi connectivity index (χ0v) is 13.1. The molecule has 1 fully saturated rings. The van der Waals surface area contributed by atoms with Gasteiger partial charge in [-0.25, -0.2) is 0 Å². The summed E-state index contributed by atoms with van der Waals surface area (Å²) in [6.07, 6.45) is -4.25. The van der Waals surface area contributed by atoms with Gasteiger partial charge >= 0.3 is 6.18 Å². The van der Waals surface area contributed by atoms with Crippen molar-refractivity contribution >= 4 is 9.24 Å². The van der Waals surface area contributed by atoms with E-state index in [4.69, 9.17) is 0 Å². The third kappa shape index (κ3) is 5.39. The largest absolute Gasteiger partial charge is 0.416 e. The van der Waals surface area contributed by atoms with E-state index in [1.807, 2.05) is 6.66 Å². The van der Waals surface area contributed by atoms with Gasteiger partial charge in [0, 0.05) is 32.7 Å². The number of piperazine rings is 1. The van der Waals surface area contributed by atoms with Crippen LogP contribution in [0.25, 0.3) is 0 Å². The average molecular weight is 306 g/mol. The molecule has 0 N–H and O–H groups in total. The van der Waals surface area contributed by atoms with Gasteiger partial charge in [0.15, 0.2) is 0 Å². The van der Waals surface area contributed by atoms with Crippen molar-refractivity contribution in [3.8, 4) is 0 Å². The Labute approximate surface area is 121 Å². The van der Waals surface area contributed by atoms with Crippen LogP contribution in [0.3, 0.4) is 0 Å². The maximum absolute atomic E-state index is 12.6. The predicted molar refractivity (Wildman–Crippen MR) is 79.9 cm³/mol. The Balaban J connectivity index is 0.000000956. The number of benzene rings is 1. The molecule has 1 aromatic rings. The molecule has 0 aliphatic carbocycles. The van der Waals surface area contributed by atoms with E-state index in [1.165, 1.54) is 12.1 Å². The van der Waals surface area contributed by atoms with Crippen LogP contribution >= 0.6 is 9.24 Å². The molecule has 1 aliphatic rings. The van der Waals surface area contributed by atoms with E-state index >= 15 is 0 Å². The summed E-state index contributed by atoms with van der Waals surface area (Å²) < 4.78 is 37.7. The molecule has 20 heavy (non-hydrogen) atoms. The lowest BCUT2D eigenvalue weighted by Crippen LogP contribution is -2.43. The lowest BCUT2D eigenvalue weighted by atomic mass is 10.1. The Bertz CT molecular complexity index is 402. The van der Waals surface area contributed by atoms with E-state index in [9.17, 15) is 13.2 Å². The van der Waals surface area contributed by atoms with Gasteiger partial charge in [0.25, 0.3) is 0 Å². The summed E-state index contributed by atoms with van der Waals surface area (Å²) in [6.45, 7) is 6.27. The van der Waals surface area contributed by atoms with Gasteiger partial charge in [0.1, 0.15) is 0 Å². The van der Waals surface area contributed by atoms with E-state index in [0.717, 1.165) is 37.8 Å². The second-order valence-corrected chi connectivity index (χ2v) is 4.78. The first-order chi connectivity index (χ1) is 9.45. The normalized spacial score (nSPS) is 17.5. The molecule has 0 radical (unpaired) electrons. The summed E-state index contributed by atoms with van der Waals surface area (Å²) >= 11 is 0. The fourth-order valence-corrected chi connectivity index (χ4v) is 2.11. The van der Waals surface area contributed by atoms with Crippen molar-refractivity contribution in [2.75, 3.05) is 39.9 Å². The molecule has 114 valence electrons. The number of likely N-dealkylation sites (N-methyl/N-ethyl adjacent to an activating group) is 1. The van der Waals surface area contributed by atoms with Crippen molar-refractivity contribution in [1.29, 1.82) is 0 Å². The minimum absolute atomic E-state index is 0.561. The SMILES string of the molecule is CN1CCN(Cc2cccc(C(F)(F)F)c2)CC1.CP. The molecule has 0 spiro atoms. The molecule has 1 atom stereocenters. The first kappa shape index (κ1) is 17.4. The minimum Gasteiger partial charge on any atom is -0.304 e. The van der Waals surface area contributed by atoms with Crippen LogP contribution < -0.4 is 0 Å². The smallest absolute Gasteiger partial charge is 0.304 e. The van der Waals surface area contributed by atoms with Crippen LogP contribution in [-0.4, -0.2) is 49.7 Å². The van der Waals surface area contributed by atoms with Crippen LogP contribution in [0.1, 0.15) is 11.1 Å². The third-order valence-electron chi connectivity index (χ3n) is 3.26. The van der Waals surface area contributed by atoms with Crippen LogP contribution in [0, 0.1) is 0 Å². The molecule has 0 aromatic heterocycles. The van der Waals surface area contributed by atoms with Crippen LogP contribution in [0.2, 0.25) is 0 Å². The molecule has 0 saturated carbocycles. The van der Waals surface area contributed by atoms with E-state index in [0.29, 0.717) is 6.54 Å². The fourth-order valence-electron chi connectivity index (χ4n) is 2.11. The van der Waals surface area contributed by atoms with E-state index < -0.39 is 11.7 Å². The lowest BCUT2D eigenvalue weighted by molar-refractivity contribution is -0.137. The molecule has 2 nitrogen and oxygen atoms in total. The quantitative estimate of drug-likeness (QED) is 0.775. The van der Waals surface area contributed by atoms with Crippen molar-refractivity contribution in [3.63, 3.8) is 0 Å². The number of halogens is 3. The summed E-state index contributed by atoms with van der Waals surface area (Å²) in [5.41, 5.74) is 0.170. The van der Waals surface area contributed by atoms with E-state index in [1.54, 1.807) is 6.07 Å². The van der Waals surface area contributed by atoms with Gasteiger partial charge in [-0.1, -0.05) is 24.9 Å². The summed E-state index contributed by atoms with van der Waals surface area (Å²) in [6, 6.07) is 5.60. The topological polar surface area (TPSA) is 6.48 Å². The molecule has 0 bridgehead atoms. The fraction of sp³-hybridized carbons (Fsp3) is 0.571. The van der Waals surface area contributed by atoms with Gasteiger partial charge in [-0.05, 0) is 18.7 Å². The Kier molecular flexibility index (Phi) is 6.93. The number of alkyl halides is 3. The molecule has 1 heterocycles. The first-order valence-electron chi connectivity index (χ1n) is 6.60. The summed E-state index contributed by atoms with van der Waals surface area (Å²) in [4.78, 5) is 4.41. The monoisotopic (exact) mass is 306 g/mol. The molecule has 1 saturated heterocycles. The highest BCUT2D eigenvalue weighted by atomic mass is 31.0. The van der Waals surface area contributed by atoms with E-state index in [2.05, 4.69) is 26.1 Å². The van der Waals surface area contributed by atoms with Gasteiger partial charge in [-0.3, -0.25) is 4.90 Å². The molecule has 1 unspecified atom stereocenters. The zero-order chi connectivity index (χ0) is 15.2. The van der Waals surface area contributed by atoms with Crippen LogP contribution in [0.4, 0.5) is 13.2 Å². The molecule has 1 aromatic carbocycles. The number of hydrogen-bond donors (Lipinski definition) is 0.